The van der Waals surface area contributed by atoms with Gasteiger partial charge < -0.3 is 19.1 Å². The van der Waals surface area contributed by atoms with Crippen LogP contribution in [0.5, 0.6) is 0 Å². The first kappa shape index (κ1) is 22.4. The monoisotopic (exact) mass is 480 g/mol. The molecular formula is C25H25ClN4O4. The van der Waals surface area contributed by atoms with Gasteiger partial charge in [-0.1, -0.05) is 53.5 Å². The maximum Gasteiger partial charge on any atom is 0.407 e. The SMILES string of the molecule is Cc1onc2c1c(=O)n(C1CCCC(CNC(=O)OCc3ccccc3)C1)c1cc(Cl)cnc21. The molecule has 1 aromatic carbocycles. The Morgan fingerprint density at radius 1 is 1.26 bits per heavy atom. The Balaban J connectivity index is 1.34. The van der Waals surface area contributed by atoms with E-state index in [9.17, 15) is 9.59 Å². The van der Waals surface area contributed by atoms with Crippen LogP contribution in [0, 0.1) is 12.8 Å². The zero-order valence-corrected chi connectivity index (χ0v) is 19.5. The quantitative estimate of drug-likeness (QED) is 0.423. The lowest BCUT2D eigenvalue weighted by atomic mass is 9.85. The minimum atomic E-state index is -0.439. The van der Waals surface area contributed by atoms with Crippen molar-refractivity contribution >= 4 is 39.6 Å². The van der Waals surface area contributed by atoms with Crippen molar-refractivity contribution in [1.29, 1.82) is 0 Å². The molecular weight excluding hydrogens is 456 g/mol. The molecule has 5 rings (SSSR count). The number of hydrogen-bond donors (Lipinski definition) is 1. The first-order valence-electron chi connectivity index (χ1n) is 11.4. The topological polar surface area (TPSA) is 99.2 Å². The molecule has 3 heterocycles. The zero-order valence-electron chi connectivity index (χ0n) is 18.8. The summed E-state index contributed by atoms with van der Waals surface area (Å²) in [6.07, 6.45) is 4.62. The second kappa shape index (κ2) is 9.46. The molecule has 2 atom stereocenters. The summed E-state index contributed by atoms with van der Waals surface area (Å²) in [5.74, 6) is 0.693. The van der Waals surface area contributed by atoms with E-state index in [1.54, 1.807) is 23.8 Å². The van der Waals surface area contributed by atoms with Crippen LogP contribution < -0.4 is 10.9 Å². The number of nitrogens with one attached hydrogen (secondary N) is 1. The van der Waals surface area contributed by atoms with E-state index >= 15 is 0 Å². The van der Waals surface area contributed by atoms with Crippen LogP contribution in [0.25, 0.3) is 21.9 Å². The number of pyridine rings is 2. The van der Waals surface area contributed by atoms with Crippen LogP contribution >= 0.6 is 11.6 Å². The Kier molecular flexibility index (Phi) is 6.24. The highest BCUT2D eigenvalue weighted by Gasteiger charge is 2.28. The Hall–Kier alpha value is -3.39. The van der Waals surface area contributed by atoms with Gasteiger partial charge in [-0.2, -0.15) is 0 Å². The van der Waals surface area contributed by atoms with Crippen molar-refractivity contribution in [3.05, 3.63) is 69.3 Å². The smallest absolute Gasteiger partial charge is 0.407 e. The number of nitrogens with zero attached hydrogens (tertiary/aromatic N) is 3. The molecule has 0 aliphatic heterocycles. The summed E-state index contributed by atoms with van der Waals surface area (Å²) in [5, 5.41) is 7.86. The van der Waals surface area contributed by atoms with Gasteiger partial charge >= 0.3 is 6.09 Å². The van der Waals surface area contributed by atoms with Crippen LogP contribution in [0.2, 0.25) is 5.02 Å². The van der Waals surface area contributed by atoms with E-state index in [4.69, 9.17) is 20.9 Å². The van der Waals surface area contributed by atoms with Gasteiger partial charge in [0, 0.05) is 18.8 Å². The lowest BCUT2D eigenvalue weighted by Gasteiger charge is -2.31. The number of benzene rings is 1. The van der Waals surface area contributed by atoms with Crippen molar-refractivity contribution < 1.29 is 14.1 Å². The van der Waals surface area contributed by atoms with Crippen LogP contribution in [0.1, 0.15) is 43.0 Å². The van der Waals surface area contributed by atoms with Crippen molar-refractivity contribution in [2.45, 2.75) is 45.3 Å². The number of aromatic nitrogens is 3. The van der Waals surface area contributed by atoms with E-state index in [1.807, 2.05) is 30.3 Å². The molecule has 1 N–H and O–H groups in total. The maximum absolute atomic E-state index is 13.5. The van der Waals surface area contributed by atoms with Gasteiger partial charge in [0.05, 0.1) is 10.5 Å². The summed E-state index contributed by atoms with van der Waals surface area (Å²) in [5.41, 5.74) is 2.50. The maximum atomic E-state index is 13.5. The fourth-order valence-corrected chi connectivity index (χ4v) is 5.01. The zero-order chi connectivity index (χ0) is 23.7. The molecule has 3 aromatic heterocycles. The van der Waals surface area contributed by atoms with E-state index in [0.717, 1.165) is 31.2 Å². The number of carbonyl (C=O) groups is 1. The van der Waals surface area contributed by atoms with Crippen molar-refractivity contribution in [3.8, 4) is 0 Å². The molecule has 0 radical (unpaired) electrons. The van der Waals surface area contributed by atoms with Crippen LogP contribution in [0.15, 0.2) is 51.9 Å². The number of rotatable bonds is 5. The molecule has 0 spiro atoms. The predicted octanol–water partition coefficient (Wildman–Crippen LogP) is 5.16. The summed E-state index contributed by atoms with van der Waals surface area (Å²) < 4.78 is 12.4. The Labute approximate surface area is 200 Å². The molecule has 1 aliphatic rings. The summed E-state index contributed by atoms with van der Waals surface area (Å²) in [6.45, 7) is 2.45. The number of aryl methyl sites for hydroxylation is 1. The second-order valence-corrected chi connectivity index (χ2v) is 9.22. The Bertz CT molecular complexity index is 1400. The highest BCUT2D eigenvalue weighted by molar-refractivity contribution is 6.31. The number of hydrogen-bond acceptors (Lipinski definition) is 6. The first-order valence-corrected chi connectivity index (χ1v) is 11.8. The Morgan fingerprint density at radius 3 is 2.91 bits per heavy atom. The van der Waals surface area contributed by atoms with Gasteiger partial charge in [-0.15, -0.1) is 0 Å². The van der Waals surface area contributed by atoms with Crippen molar-refractivity contribution in [1.82, 2.24) is 20.0 Å². The number of carbonyl (C=O) groups excluding carboxylic acids is 1. The fourth-order valence-electron chi connectivity index (χ4n) is 4.86. The normalized spacial score (nSPS) is 18.3. The number of fused-ring (bicyclic) bond motifs is 3. The van der Waals surface area contributed by atoms with Gasteiger partial charge in [-0.3, -0.25) is 9.78 Å². The third kappa shape index (κ3) is 4.37. The van der Waals surface area contributed by atoms with Gasteiger partial charge in [-0.05, 0) is 43.7 Å². The summed E-state index contributed by atoms with van der Waals surface area (Å²) in [7, 11) is 0. The van der Waals surface area contributed by atoms with E-state index in [-0.39, 0.29) is 24.1 Å². The summed E-state index contributed by atoms with van der Waals surface area (Å²) in [4.78, 5) is 30.2. The molecule has 9 heteroatoms. The molecule has 8 nitrogen and oxygen atoms in total. The molecule has 4 aromatic rings. The molecule has 0 bridgehead atoms. The van der Waals surface area contributed by atoms with Gasteiger partial charge in [-0.25, -0.2) is 4.79 Å². The highest BCUT2D eigenvalue weighted by atomic mass is 35.5. The molecule has 2 unspecified atom stereocenters. The summed E-state index contributed by atoms with van der Waals surface area (Å²) in [6, 6.07) is 11.3. The van der Waals surface area contributed by atoms with Gasteiger partial charge in [0.1, 0.15) is 28.8 Å². The van der Waals surface area contributed by atoms with E-state index in [0.29, 0.717) is 39.3 Å². The van der Waals surface area contributed by atoms with Crippen LogP contribution in [-0.4, -0.2) is 27.3 Å². The lowest BCUT2D eigenvalue weighted by molar-refractivity contribution is 0.135. The van der Waals surface area contributed by atoms with Crippen LogP contribution in [0.3, 0.4) is 0 Å². The molecule has 1 saturated carbocycles. The molecule has 1 amide bonds. The van der Waals surface area contributed by atoms with Gasteiger partial charge in [0.15, 0.2) is 0 Å². The predicted molar refractivity (Wildman–Crippen MR) is 129 cm³/mol. The molecule has 1 fully saturated rings. The minimum absolute atomic E-state index is 0.0464. The van der Waals surface area contributed by atoms with E-state index in [1.165, 1.54) is 0 Å². The van der Waals surface area contributed by atoms with Crippen molar-refractivity contribution in [2.24, 2.45) is 5.92 Å². The van der Waals surface area contributed by atoms with E-state index < -0.39 is 6.09 Å². The average Bonchev–Trinajstić information content (AvgIpc) is 3.24. The highest BCUT2D eigenvalue weighted by Crippen LogP contribution is 2.35. The number of alkyl carbamates (subject to hydrolysis) is 1. The second-order valence-electron chi connectivity index (χ2n) is 8.79. The van der Waals surface area contributed by atoms with Gasteiger partial charge in [0.25, 0.3) is 5.56 Å². The standard InChI is InChI=1S/C25H25ClN4O4/c1-15-21-23(29-34-15)22-20(11-18(26)13-27-22)30(24(21)31)19-9-5-8-17(10-19)12-28-25(32)33-14-16-6-3-2-4-7-16/h2-4,6-7,11,13,17,19H,5,8-10,12,14H2,1H3,(H,28,32). The Morgan fingerprint density at radius 2 is 2.09 bits per heavy atom. The third-order valence-corrected chi connectivity index (χ3v) is 6.69. The number of halogens is 1. The van der Waals surface area contributed by atoms with E-state index in [2.05, 4.69) is 15.5 Å². The number of ether oxygens (including phenoxy) is 1. The first-order chi connectivity index (χ1) is 16.5. The molecule has 1 aliphatic carbocycles. The largest absolute Gasteiger partial charge is 0.445 e. The molecule has 176 valence electrons. The van der Waals surface area contributed by atoms with Crippen LogP contribution in [0.4, 0.5) is 4.79 Å². The average molecular weight is 481 g/mol. The van der Waals surface area contributed by atoms with Crippen LogP contribution in [-0.2, 0) is 11.3 Å². The minimum Gasteiger partial charge on any atom is -0.445 e. The molecule has 0 saturated heterocycles. The number of amides is 1. The van der Waals surface area contributed by atoms with Crippen molar-refractivity contribution in [3.63, 3.8) is 0 Å². The van der Waals surface area contributed by atoms with Gasteiger partial charge in [0.2, 0.25) is 0 Å². The lowest BCUT2D eigenvalue weighted by Crippen LogP contribution is -2.35. The molecule has 34 heavy (non-hydrogen) atoms. The van der Waals surface area contributed by atoms with Crippen molar-refractivity contribution in [2.75, 3.05) is 6.54 Å². The summed E-state index contributed by atoms with van der Waals surface area (Å²) >= 11 is 6.24. The fraction of sp³-hybridized carbons (Fsp3) is 0.360. The third-order valence-electron chi connectivity index (χ3n) is 6.48.